The van der Waals surface area contributed by atoms with Gasteiger partial charge in [0.2, 0.25) is 5.91 Å². The smallest absolute Gasteiger partial charge is 0.233 e. The van der Waals surface area contributed by atoms with Crippen LogP contribution < -0.4 is 5.32 Å². The van der Waals surface area contributed by atoms with Gasteiger partial charge in [-0.1, -0.05) is 30.3 Å². The zero-order valence-electron chi connectivity index (χ0n) is 9.44. The Hall–Kier alpha value is -0.960. The molecule has 1 N–H and O–H groups in total. The summed E-state index contributed by atoms with van der Waals surface area (Å²) in [6.45, 7) is 2.08. The standard InChI is InChI=1S/C13H17NOS/c1-13(7-8-13)14-12(15)11(16)9-10-5-3-2-4-6-10/h2-6,11,16H,7-9H2,1H3,(H,14,15). The van der Waals surface area contributed by atoms with Crippen LogP contribution in [-0.2, 0) is 11.2 Å². The summed E-state index contributed by atoms with van der Waals surface area (Å²) in [7, 11) is 0. The molecule has 2 rings (SSSR count). The third-order valence-corrected chi connectivity index (χ3v) is 3.42. The maximum Gasteiger partial charge on any atom is 0.233 e. The third kappa shape index (κ3) is 3.01. The molecule has 1 atom stereocenters. The minimum Gasteiger partial charge on any atom is -0.350 e. The Bertz CT molecular complexity index is 373. The number of hydrogen-bond donors (Lipinski definition) is 2. The Morgan fingerprint density at radius 2 is 2.06 bits per heavy atom. The Morgan fingerprint density at radius 3 is 2.62 bits per heavy atom. The summed E-state index contributed by atoms with van der Waals surface area (Å²) in [6.07, 6.45) is 2.86. The van der Waals surface area contributed by atoms with Crippen LogP contribution in [-0.4, -0.2) is 16.7 Å². The molecule has 1 aromatic rings. The van der Waals surface area contributed by atoms with Gasteiger partial charge in [0.15, 0.2) is 0 Å². The molecule has 1 fully saturated rings. The maximum atomic E-state index is 11.8. The molecule has 0 aromatic heterocycles. The number of rotatable bonds is 4. The van der Waals surface area contributed by atoms with Gasteiger partial charge in [0, 0.05) is 5.54 Å². The molecule has 1 amide bonds. The maximum absolute atomic E-state index is 11.8. The van der Waals surface area contributed by atoms with Crippen LogP contribution in [0.5, 0.6) is 0 Å². The Balaban J connectivity index is 1.88. The zero-order valence-corrected chi connectivity index (χ0v) is 10.3. The molecule has 2 nitrogen and oxygen atoms in total. The highest BCUT2D eigenvalue weighted by atomic mass is 32.1. The van der Waals surface area contributed by atoms with Gasteiger partial charge in [-0.25, -0.2) is 0 Å². The molecule has 1 aliphatic rings. The number of thiol groups is 1. The SMILES string of the molecule is CC1(NC(=O)C(S)Cc2ccccc2)CC1. The van der Waals surface area contributed by atoms with Crippen molar-refractivity contribution >= 4 is 18.5 Å². The molecule has 0 aliphatic heterocycles. The van der Waals surface area contributed by atoms with E-state index in [0.29, 0.717) is 6.42 Å². The average molecular weight is 235 g/mol. The molecule has 0 saturated heterocycles. The first kappa shape index (κ1) is 11.5. The van der Waals surface area contributed by atoms with Crippen molar-refractivity contribution in [1.29, 1.82) is 0 Å². The van der Waals surface area contributed by atoms with Crippen LogP contribution in [0, 0.1) is 0 Å². The predicted molar refractivity (Wildman–Crippen MR) is 68.7 cm³/mol. The van der Waals surface area contributed by atoms with Gasteiger partial charge in [-0.05, 0) is 31.7 Å². The van der Waals surface area contributed by atoms with Crippen molar-refractivity contribution in [2.45, 2.75) is 37.0 Å². The molecule has 1 aliphatic carbocycles. The van der Waals surface area contributed by atoms with E-state index >= 15 is 0 Å². The molecule has 0 bridgehead atoms. The Kier molecular flexibility index (Phi) is 3.24. The molecule has 1 aromatic carbocycles. The van der Waals surface area contributed by atoms with Crippen LogP contribution >= 0.6 is 12.6 Å². The fraction of sp³-hybridized carbons (Fsp3) is 0.462. The fourth-order valence-electron chi connectivity index (χ4n) is 1.62. The molecular formula is C13H17NOS. The monoisotopic (exact) mass is 235 g/mol. The summed E-state index contributed by atoms with van der Waals surface area (Å²) in [5.74, 6) is 0.0483. The lowest BCUT2D eigenvalue weighted by molar-refractivity contribution is -0.121. The first-order chi connectivity index (χ1) is 7.59. The number of carbonyl (C=O) groups excluding carboxylic acids is 1. The minimum atomic E-state index is -0.250. The molecule has 3 heteroatoms. The van der Waals surface area contributed by atoms with Gasteiger partial charge in [0.1, 0.15) is 0 Å². The van der Waals surface area contributed by atoms with Gasteiger partial charge >= 0.3 is 0 Å². The van der Waals surface area contributed by atoms with Crippen molar-refractivity contribution in [2.75, 3.05) is 0 Å². The van der Waals surface area contributed by atoms with Gasteiger partial charge in [-0.2, -0.15) is 12.6 Å². The van der Waals surface area contributed by atoms with E-state index in [0.717, 1.165) is 18.4 Å². The zero-order chi connectivity index (χ0) is 11.6. The van der Waals surface area contributed by atoms with E-state index in [2.05, 4.69) is 24.9 Å². The van der Waals surface area contributed by atoms with Crippen LogP contribution in [0.15, 0.2) is 30.3 Å². The quantitative estimate of drug-likeness (QED) is 0.770. The van der Waals surface area contributed by atoms with E-state index in [1.807, 2.05) is 30.3 Å². The summed E-state index contributed by atoms with van der Waals surface area (Å²) in [6, 6.07) is 9.99. The normalized spacial score (nSPS) is 18.9. The molecule has 86 valence electrons. The van der Waals surface area contributed by atoms with Crippen molar-refractivity contribution in [3.05, 3.63) is 35.9 Å². The lowest BCUT2D eigenvalue weighted by Crippen LogP contribution is -2.40. The summed E-state index contributed by atoms with van der Waals surface area (Å²) < 4.78 is 0. The summed E-state index contributed by atoms with van der Waals surface area (Å²) in [4.78, 5) is 11.8. The number of hydrogen-bond acceptors (Lipinski definition) is 2. The number of benzene rings is 1. The summed E-state index contributed by atoms with van der Waals surface area (Å²) >= 11 is 4.36. The van der Waals surface area contributed by atoms with Crippen molar-refractivity contribution < 1.29 is 4.79 Å². The molecule has 0 spiro atoms. The van der Waals surface area contributed by atoms with Gasteiger partial charge in [0.05, 0.1) is 5.25 Å². The highest BCUT2D eigenvalue weighted by Crippen LogP contribution is 2.34. The number of nitrogens with one attached hydrogen (secondary N) is 1. The lowest BCUT2D eigenvalue weighted by Gasteiger charge is -2.15. The van der Waals surface area contributed by atoms with Crippen molar-refractivity contribution in [3.63, 3.8) is 0 Å². The number of carbonyl (C=O) groups is 1. The second-order valence-electron chi connectivity index (χ2n) is 4.76. The lowest BCUT2D eigenvalue weighted by atomic mass is 10.1. The first-order valence-corrected chi connectivity index (χ1v) is 6.15. The Morgan fingerprint density at radius 1 is 1.44 bits per heavy atom. The van der Waals surface area contributed by atoms with E-state index in [1.165, 1.54) is 0 Å². The van der Waals surface area contributed by atoms with Gasteiger partial charge in [0.25, 0.3) is 0 Å². The Labute approximate surface area is 102 Å². The van der Waals surface area contributed by atoms with Crippen LogP contribution in [0.1, 0.15) is 25.3 Å². The minimum absolute atomic E-state index is 0.0483. The van der Waals surface area contributed by atoms with Gasteiger partial charge < -0.3 is 5.32 Å². The van der Waals surface area contributed by atoms with Crippen molar-refractivity contribution in [2.24, 2.45) is 0 Å². The van der Waals surface area contributed by atoms with Gasteiger partial charge in [-0.3, -0.25) is 4.79 Å². The molecule has 0 heterocycles. The number of amides is 1. The topological polar surface area (TPSA) is 29.1 Å². The second-order valence-corrected chi connectivity index (χ2v) is 5.38. The van der Waals surface area contributed by atoms with E-state index in [1.54, 1.807) is 0 Å². The molecule has 1 unspecified atom stereocenters. The first-order valence-electron chi connectivity index (χ1n) is 5.63. The molecule has 0 radical (unpaired) electrons. The summed E-state index contributed by atoms with van der Waals surface area (Å²) in [5, 5.41) is 2.78. The molecule has 16 heavy (non-hydrogen) atoms. The van der Waals surface area contributed by atoms with Crippen LogP contribution in [0.25, 0.3) is 0 Å². The highest BCUT2D eigenvalue weighted by molar-refractivity contribution is 7.81. The van der Waals surface area contributed by atoms with Crippen molar-refractivity contribution in [3.8, 4) is 0 Å². The third-order valence-electron chi connectivity index (χ3n) is 3.00. The van der Waals surface area contributed by atoms with E-state index in [9.17, 15) is 4.79 Å². The van der Waals surface area contributed by atoms with Crippen molar-refractivity contribution in [1.82, 2.24) is 5.32 Å². The van der Waals surface area contributed by atoms with Gasteiger partial charge in [-0.15, -0.1) is 0 Å². The van der Waals surface area contributed by atoms with E-state index in [-0.39, 0.29) is 16.7 Å². The predicted octanol–water partition coefficient (Wildman–Crippen LogP) is 2.20. The van der Waals surface area contributed by atoms with Crippen LogP contribution in [0.4, 0.5) is 0 Å². The molecule has 1 saturated carbocycles. The van der Waals surface area contributed by atoms with Crippen LogP contribution in [0.3, 0.4) is 0 Å². The molecular weight excluding hydrogens is 218 g/mol. The van der Waals surface area contributed by atoms with E-state index < -0.39 is 0 Å². The second kappa shape index (κ2) is 4.50. The average Bonchev–Trinajstić information content (AvgIpc) is 2.97. The highest BCUT2D eigenvalue weighted by Gasteiger charge is 2.39. The fourth-order valence-corrected chi connectivity index (χ4v) is 1.90. The van der Waals surface area contributed by atoms with Crippen LogP contribution in [0.2, 0.25) is 0 Å². The summed E-state index contributed by atoms with van der Waals surface area (Å²) in [5.41, 5.74) is 1.20. The van der Waals surface area contributed by atoms with E-state index in [4.69, 9.17) is 0 Å². The largest absolute Gasteiger partial charge is 0.350 e.